The summed E-state index contributed by atoms with van der Waals surface area (Å²) < 4.78 is 21.4. The first-order valence-electron chi connectivity index (χ1n) is 13.2. The zero-order valence-electron chi connectivity index (χ0n) is 22.3. The van der Waals surface area contributed by atoms with Gasteiger partial charge in [0.05, 0.1) is 21.8 Å². The summed E-state index contributed by atoms with van der Waals surface area (Å²) in [5, 5.41) is 20.5. The van der Waals surface area contributed by atoms with Gasteiger partial charge in [0.15, 0.2) is 11.1 Å². The summed E-state index contributed by atoms with van der Waals surface area (Å²) in [6.45, 7) is 3.81. The molecular weight excluding hydrogens is 550 g/mol. The van der Waals surface area contributed by atoms with Crippen LogP contribution in [0, 0.1) is 12.3 Å². The van der Waals surface area contributed by atoms with Crippen LogP contribution in [0.25, 0.3) is 43.1 Å². The van der Waals surface area contributed by atoms with Crippen molar-refractivity contribution in [2.75, 3.05) is 11.1 Å². The average molecular weight is 572 g/mol. The van der Waals surface area contributed by atoms with Crippen molar-refractivity contribution in [3.8, 4) is 0 Å². The largest absolute Gasteiger partial charge is 0.398 e. The highest BCUT2D eigenvalue weighted by atomic mass is 32.2. The number of benzene rings is 6. The first-order chi connectivity index (χ1) is 20.1. The Labute approximate surface area is 240 Å². The van der Waals surface area contributed by atoms with Gasteiger partial charge >= 0.3 is 0 Å². The fourth-order valence-corrected chi connectivity index (χ4v) is 7.10. The molecule has 2 aliphatic rings. The Morgan fingerprint density at radius 3 is 2.17 bits per heavy atom. The molecule has 2 aliphatic heterocycles. The predicted octanol–water partition coefficient (Wildman–Crippen LogP) is 5.98. The number of aryl methyl sites for hydroxylation is 1. The van der Waals surface area contributed by atoms with Crippen LogP contribution in [-0.4, -0.2) is 32.1 Å². The highest BCUT2D eigenvalue weighted by Crippen LogP contribution is 2.48. The number of fused-ring (bicyclic) bond motifs is 3. The maximum atomic E-state index is 13.9. The number of amides is 2. The van der Waals surface area contributed by atoms with Crippen molar-refractivity contribution in [2.45, 2.75) is 18.7 Å². The van der Waals surface area contributed by atoms with Crippen LogP contribution < -0.4 is 16.4 Å². The lowest BCUT2D eigenvalue weighted by Gasteiger charge is -2.25. The summed E-state index contributed by atoms with van der Waals surface area (Å²) in [6.07, 6.45) is 0. The van der Waals surface area contributed by atoms with Gasteiger partial charge in [0.2, 0.25) is 0 Å². The van der Waals surface area contributed by atoms with Crippen LogP contribution >= 0.6 is 0 Å². The summed E-state index contributed by atoms with van der Waals surface area (Å²) in [5.41, 5.74) is 11.7. The molecule has 0 bridgehead atoms. The molecule has 204 valence electrons. The van der Waals surface area contributed by atoms with Crippen molar-refractivity contribution in [3.05, 3.63) is 82.4 Å². The Kier molecular flexibility index (Phi) is 4.79. The summed E-state index contributed by atoms with van der Waals surface area (Å²) in [6, 6.07) is 15.8. The van der Waals surface area contributed by atoms with Gasteiger partial charge in [-0.25, -0.2) is 4.21 Å². The fourth-order valence-electron chi connectivity index (χ4n) is 6.71. The molecule has 6 aromatic rings. The van der Waals surface area contributed by atoms with Crippen LogP contribution in [0.1, 0.15) is 44.3 Å². The fraction of sp³-hybridized carbons (Fsp3) is 0.0625. The number of amidine groups is 1. The number of anilines is 2. The number of hydrogen-bond acceptors (Lipinski definition) is 6. The van der Waals surface area contributed by atoms with E-state index in [4.69, 9.17) is 16.1 Å². The third kappa shape index (κ3) is 3.07. The highest BCUT2D eigenvalue weighted by Gasteiger charge is 2.29. The van der Waals surface area contributed by atoms with Crippen molar-refractivity contribution in [3.63, 3.8) is 0 Å². The molecule has 0 radical (unpaired) electrons. The second kappa shape index (κ2) is 8.19. The molecule has 0 fully saturated rings. The number of carbonyl (C=O) groups is 2. The Morgan fingerprint density at radius 2 is 1.40 bits per heavy atom. The smallest absolute Gasteiger partial charge is 0.257 e. The summed E-state index contributed by atoms with van der Waals surface area (Å²) in [5.74, 6) is -0.653. The lowest BCUT2D eigenvalue weighted by molar-refractivity contribution is 0.0976. The Hall–Kier alpha value is -5.19. The molecule has 0 saturated heterocycles. The molecule has 2 amide bonds. The third-order valence-electron chi connectivity index (χ3n) is 8.43. The van der Waals surface area contributed by atoms with E-state index in [1.807, 2.05) is 44.2 Å². The van der Waals surface area contributed by atoms with Gasteiger partial charge in [0, 0.05) is 49.6 Å². The van der Waals surface area contributed by atoms with E-state index in [-0.39, 0.29) is 22.5 Å². The number of nitrogens with one attached hydrogen (secondary N) is 3. The quantitative estimate of drug-likeness (QED) is 0.0709. The van der Waals surface area contributed by atoms with Crippen LogP contribution in [0.4, 0.5) is 17.1 Å². The van der Waals surface area contributed by atoms with Crippen LogP contribution in [0.2, 0.25) is 0 Å². The Balaban J connectivity index is 1.57. The number of nitrogens with zero attached hydrogens (tertiary/aromatic N) is 1. The zero-order valence-corrected chi connectivity index (χ0v) is 23.1. The van der Waals surface area contributed by atoms with Gasteiger partial charge < -0.3 is 20.9 Å². The molecule has 0 aliphatic carbocycles. The van der Waals surface area contributed by atoms with Crippen molar-refractivity contribution in [1.29, 1.82) is 5.41 Å². The standard InChI is InChI=1S/C32H21N5O4S/c1-12-9-19-25-15(13(2)35-23-10-14(42(40)41)3-8-22(23)36-31(19)38)4-5-17-27-21(33)11-20-26-18(30(34)37-32(20)39)7-6-16(29(26)27)24(12)28(17)25/h3-11H,33H2,1-2H3,(H,36,38)(H,40,41)(H2,34,37,39)/b35-13+. The van der Waals surface area contributed by atoms with Crippen LogP contribution in [0.5, 0.6) is 0 Å². The molecule has 2 heterocycles. The average Bonchev–Trinajstić information content (AvgIpc) is 2.99. The number of aliphatic imine (C=N–C) groups is 1. The summed E-state index contributed by atoms with van der Waals surface area (Å²) in [4.78, 5) is 31.8. The van der Waals surface area contributed by atoms with Gasteiger partial charge in [-0.1, -0.05) is 18.2 Å². The van der Waals surface area contributed by atoms with Crippen molar-refractivity contribution in [2.24, 2.45) is 4.99 Å². The monoisotopic (exact) mass is 571 g/mol. The number of rotatable bonds is 1. The molecule has 6 aromatic carbocycles. The first-order valence-corrected chi connectivity index (χ1v) is 14.3. The molecule has 9 nitrogen and oxygen atoms in total. The van der Waals surface area contributed by atoms with Crippen molar-refractivity contribution >= 4 is 94.6 Å². The zero-order chi connectivity index (χ0) is 29.2. The molecular formula is C32H21N5O4S. The molecule has 0 spiro atoms. The SMILES string of the molecule is C/C1=N\c2cc(S(=O)O)ccc2NC(=O)c2cc(C)c3c4ccc5c6c(cc(N)c(c7ccc1c2c73)c64)C(=O)NC5=N. The number of carbonyl (C=O) groups excluding carboxylic acids is 2. The van der Waals surface area contributed by atoms with Crippen molar-refractivity contribution < 1.29 is 18.4 Å². The van der Waals surface area contributed by atoms with Crippen LogP contribution in [0.15, 0.2) is 64.5 Å². The second-order valence-corrected chi connectivity index (χ2v) is 11.7. The number of hydrogen-bond donors (Lipinski definition) is 5. The molecule has 8 rings (SSSR count). The topological polar surface area (TPSA) is 158 Å². The van der Waals surface area contributed by atoms with Crippen LogP contribution in [0.3, 0.4) is 0 Å². The van der Waals surface area contributed by atoms with E-state index in [2.05, 4.69) is 10.6 Å². The maximum absolute atomic E-state index is 13.9. The number of nitrogen functional groups attached to an aromatic ring is 1. The van der Waals surface area contributed by atoms with Gasteiger partial charge in [0.25, 0.3) is 11.8 Å². The Morgan fingerprint density at radius 1 is 0.762 bits per heavy atom. The van der Waals surface area contributed by atoms with E-state index in [1.165, 1.54) is 12.1 Å². The lowest BCUT2D eigenvalue weighted by atomic mass is 9.81. The molecule has 10 heteroatoms. The van der Waals surface area contributed by atoms with Gasteiger partial charge in [-0.05, 0) is 77.4 Å². The minimum Gasteiger partial charge on any atom is -0.398 e. The van der Waals surface area contributed by atoms with Gasteiger partial charge in [-0.2, -0.15) is 0 Å². The molecule has 0 saturated carbocycles. The molecule has 6 N–H and O–H groups in total. The van der Waals surface area contributed by atoms with Gasteiger partial charge in [-0.3, -0.25) is 20.0 Å². The van der Waals surface area contributed by atoms with Crippen LogP contribution in [-0.2, 0) is 11.1 Å². The van der Waals surface area contributed by atoms with E-state index < -0.39 is 11.1 Å². The second-order valence-electron chi connectivity index (χ2n) is 10.7. The molecule has 1 unspecified atom stereocenters. The van der Waals surface area contributed by atoms with Gasteiger partial charge in [0.1, 0.15) is 5.84 Å². The number of nitrogens with two attached hydrogens (primary N) is 1. The molecule has 1 atom stereocenters. The Bertz CT molecular complexity index is 2380. The molecule has 42 heavy (non-hydrogen) atoms. The van der Waals surface area contributed by atoms with E-state index >= 15 is 0 Å². The van der Waals surface area contributed by atoms with E-state index in [0.717, 1.165) is 48.8 Å². The maximum Gasteiger partial charge on any atom is 0.257 e. The van der Waals surface area contributed by atoms with E-state index in [0.29, 0.717) is 44.9 Å². The first kappa shape index (κ1) is 24.6. The minimum atomic E-state index is -2.21. The highest BCUT2D eigenvalue weighted by molar-refractivity contribution is 7.79. The minimum absolute atomic E-state index is 0.0442. The predicted molar refractivity (Wildman–Crippen MR) is 166 cm³/mol. The lowest BCUT2D eigenvalue weighted by Crippen LogP contribution is -2.34. The molecule has 0 aromatic heterocycles. The summed E-state index contributed by atoms with van der Waals surface area (Å²) in [7, 11) is 0. The van der Waals surface area contributed by atoms with E-state index in [9.17, 15) is 18.4 Å². The van der Waals surface area contributed by atoms with E-state index in [1.54, 1.807) is 12.1 Å². The van der Waals surface area contributed by atoms with Crippen molar-refractivity contribution in [1.82, 2.24) is 5.32 Å². The third-order valence-corrected chi connectivity index (χ3v) is 9.08. The van der Waals surface area contributed by atoms with Gasteiger partial charge in [-0.15, -0.1) is 0 Å². The summed E-state index contributed by atoms with van der Waals surface area (Å²) >= 11 is -2.21. The normalized spacial score (nSPS) is 16.5.